The van der Waals surface area contributed by atoms with Crippen molar-refractivity contribution in [3.05, 3.63) is 50.6 Å². The van der Waals surface area contributed by atoms with Gasteiger partial charge in [0.2, 0.25) is 0 Å². The molecule has 0 atom stereocenters. The number of nitrogens with one attached hydrogen (secondary N) is 1. The smallest absolute Gasteiger partial charge is 0.266 e. The van der Waals surface area contributed by atoms with Gasteiger partial charge in [0.25, 0.3) is 11.8 Å². The van der Waals surface area contributed by atoms with Gasteiger partial charge in [-0.15, -0.1) is 11.3 Å². The number of amides is 2. The van der Waals surface area contributed by atoms with E-state index in [0.717, 1.165) is 4.47 Å². The van der Waals surface area contributed by atoms with Crippen LogP contribution in [0.5, 0.6) is 0 Å². The standard InChI is InChI=1S/C16H15BrN2O3S/c17-13-5-10-23-14(13)15(20)18-12-3-1-11(2-4-12)16(21)19-6-8-22-9-7-19/h1-5,10H,6-9H2,(H,18,20). The maximum Gasteiger partial charge on any atom is 0.266 e. The van der Waals surface area contributed by atoms with Gasteiger partial charge in [0.1, 0.15) is 4.88 Å². The van der Waals surface area contributed by atoms with Crippen LogP contribution in [-0.2, 0) is 4.74 Å². The zero-order valence-electron chi connectivity index (χ0n) is 12.3. The zero-order chi connectivity index (χ0) is 16.2. The highest BCUT2D eigenvalue weighted by molar-refractivity contribution is 9.10. The Kier molecular flexibility index (Phi) is 5.09. The normalized spacial score (nSPS) is 14.6. The first-order chi connectivity index (χ1) is 11.1. The summed E-state index contributed by atoms with van der Waals surface area (Å²) >= 11 is 4.72. The Hall–Kier alpha value is -1.70. The molecule has 2 amide bonds. The number of carbonyl (C=O) groups excluding carboxylic acids is 2. The molecule has 3 rings (SSSR count). The van der Waals surface area contributed by atoms with E-state index in [0.29, 0.717) is 42.4 Å². The molecule has 0 radical (unpaired) electrons. The fraction of sp³-hybridized carbons (Fsp3) is 0.250. The number of carbonyl (C=O) groups is 2. The number of benzene rings is 1. The van der Waals surface area contributed by atoms with Crippen LogP contribution in [-0.4, -0.2) is 43.0 Å². The third-order valence-corrected chi connectivity index (χ3v) is 5.35. The highest BCUT2D eigenvalue weighted by Gasteiger charge is 2.18. The predicted molar refractivity (Wildman–Crippen MR) is 93.1 cm³/mol. The molecule has 1 aromatic heterocycles. The lowest BCUT2D eigenvalue weighted by molar-refractivity contribution is 0.0303. The van der Waals surface area contributed by atoms with Crippen LogP contribution >= 0.6 is 27.3 Å². The topological polar surface area (TPSA) is 58.6 Å². The van der Waals surface area contributed by atoms with Gasteiger partial charge in [-0.2, -0.15) is 0 Å². The van der Waals surface area contributed by atoms with Gasteiger partial charge in [0.15, 0.2) is 0 Å². The van der Waals surface area contributed by atoms with Gasteiger partial charge >= 0.3 is 0 Å². The summed E-state index contributed by atoms with van der Waals surface area (Å²) in [6, 6.07) is 8.79. The second kappa shape index (κ2) is 7.25. The number of halogens is 1. The number of ether oxygens (including phenoxy) is 1. The first-order valence-electron chi connectivity index (χ1n) is 7.16. The summed E-state index contributed by atoms with van der Waals surface area (Å²) in [6.45, 7) is 2.39. The molecule has 5 nitrogen and oxygen atoms in total. The van der Waals surface area contributed by atoms with E-state index in [-0.39, 0.29) is 11.8 Å². The van der Waals surface area contributed by atoms with Gasteiger partial charge in [-0.1, -0.05) is 0 Å². The van der Waals surface area contributed by atoms with E-state index in [1.54, 1.807) is 29.2 Å². The van der Waals surface area contributed by atoms with Crippen LogP contribution < -0.4 is 5.32 Å². The van der Waals surface area contributed by atoms with E-state index >= 15 is 0 Å². The number of hydrogen-bond donors (Lipinski definition) is 1. The van der Waals surface area contributed by atoms with E-state index in [1.165, 1.54) is 11.3 Å². The summed E-state index contributed by atoms with van der Waals surface area (Å²) in [7, 11) is 0. The van der Waals surface area contributed by atoms with E-state index in [9.17, 15) is 9.59 Å². The van der Waals surface area contributed by atoms with Crippen LogP contribution in [0.3, 0.4) is 0 Å². The lowest BCUT2D eigenvalue weighted by atomic mass is 10.1. The van der Waals surface area contributed by atoms with Crippen molar-refractivity contribution in [3.8, 4) is 0 Å². The van der Waals surface area contributed by atoms with Gasteiger partial charge in [-0.25, -0.2) is 0 Å². The molecule has 7 heteroatoms. The Bertz CT molecular complexity index is 708. The summed E-state index contributed by atoms with van der Waals surface area (Å²) < 4.78 is 6.03. The Labute approximate surface area is 146 Å². The van der Waals surface area contributed by atoms with Gasteiger partial charge in [-0.3, -0.25) is 9.59 Å². The molecule has 23 heavy (non-hydrogen) atoms. The monoisotopic (exact) mass is 394 g/mol. The molecule has 2 heterocycles. The van der Waals surface area contributed by atoms with Crippen LogP contribution in [0.4, 0.5) is 5.69 Å². The maximum absolute atomic E-state index is 12.3. The van der Waals surface area contributed by atoms with Crippen LogP contribution in [0.2, 0.25) is 0 Å². The minimum atomic E-state index is -0.167. The van der Waals surface area contributed by atoms with Gasteiger partial charge in [-0.05, 0) is 51.6 Å². The van der Waals surface area contributed by atoms with Crippen molar-refractivity contribution < 1.29 is 14.3 Å². The summed E-state index contributed by atoms with van der Waals surface area (Å²) in [4.78, 5) is 26.9. The van der Waals surface area contributed by atoms with Gasteiger partial charge in [0.05, 0.1) is 13.2 Å². The molecular formula is C16H15BrN2O3S. The molecule has 120 valence electrons. The predicted octanol–water partition coefficient (Wildman–Crippen LogP) is 3.24. The van der Waals surface area contributed by atoms with Crippen molar-refractivity contribution in [2.45, 2.75) is 0 Å². The van der Waals surface area contributed by atoms with Crippen molar-refractivity contribution in [1.29, 1.82) is 0 Å². The summed E-state index contributed by atoms with van der Waals surface area (Å²) in [6.07, 6.45) is 0. The maximum atomic E-state index is 12.3. The van der Waals surface area contributed by atoms with E-state index < -0.39 is 0 Å². The van der Waals surface area contributed by atoms with Crippen LogP contribution in [0.1, 0.15) is 20.0 Å². The zero-order valence-corrected chi connectivity index (χ0v) is 14.7. The molecule has 0 saturated carbocycles. The quantitative estimate of drug-likeness (QED) is 0.868. The highest BCUT2D eigenvalue weighted by atomic mass is 79.9. The lowest BCUT2D eigenvalue weighted by Gasteiger charge is -2.26. The van der Waals surface area contributed by atoms with Crippen LogP contribution in [0.15, 0.2) is 40.2 Å². The van der Waals surface area contributed by atoms with Gasteiger partial charge in [0, 0.05) is 28.8 Å². The number of morpholine rings is 1. The van der Waals surface area contributed by atoms with Crippen molar-refractivity contribution >= 4 is 44.8 Å². The van der Waals surface area contributed by atoms with E-state index in [4.69, 9.17) is 4.74 Å². The minimum Gasteiger partial charge on any atom is -0.378 e. The van der Waals surface area contributed by atoms with Crippen molar-refractivity contribution in [1.82, 2.24) is 4.90 Å². The van der Waals surface area contributed by atoms with Crippen LogP contribution in [0, 0.1) is 0 Å². The Balaban J connectivity index is 1.66. The first kappa shape index (κ1) is 16.2. The molecule has 1 aromatic carbocycles. The molecule has 0 spiro atoms. The molecule has 0 aliphatic carbocycles. The van der Waals surface area contributed by atoms with Crippen molar-refractivity contribution in [2.24, 2.45) is 0 Å². The third kappa shape index (κ3) is 3.80. The molecule has 0 unspecified atom stereocenters. The van der Waals surface area contributed by atoms with Crippen LogP contribution in [0.25, 0.3) is 0 Å². The van der Waals surface area contributed by atoms with Crippen molar-refractivity contribution in [2.75, 3.05) is 31.6 Å². The highest BCUT2D eigenvalue weighted by Crippen LogP contribution is 2.24. The number of rotatable bonds is 3. The second-order valence-electron chi connectivity index (χ2n) is 5.03. The summed E-state index contributed by atoms with van der Waals surface area (Å²) in [5.74, 6) is -0.175. The average molecular weight is 395 g/mol. The fourth-order valence-corrected chi connectivity index (χ4v) is 3.74. The SMILES string of the molecule is O=C(Nc1ccc(C(=O)N2CCOCC2)cc1)c1sccc1Br. The number of nitrogens with zero attached hydrogens (tertiary/aromatic N) is 1. The van der Waals surface area contributed by atoms with Crippen molar-refractivity contribution in [3.63, 3.8) is 0 Å². The molecule has 1 N–H and O–H groups in total. The molecule has 1 saturated heterocycles. The number of anilines is 1. The Morgan fingerprint density at radius 2 is 1.83 bits per heavy atom. The van der Waals surface area contributed by atoms with E-state index in [2.05, 4.69) is 21.2 Å². The molecular weight excluding hydrogens is 380 g/mol. The molecule has 1 fully saturated rings. The Morgan fingerprint density at radius 3 is 2.43 bits per heavy atom. The van der Waals surface area contributed by atoms with Gasteiger partial charge < -0.3 is 15.0 Å². The number of hydrogen-bond acceptors (Lipinski definition) is 4. The first-order valence-corrected chi connectivity index (χ1v) is 8.84. The largest absolute Gasteiger partial charge is 0.378 e. The summed E-state index contributed by atoms with van der Waals surface area (Å²) in [5, 5.41) is 4.68. The third-order valence-electron chi connectivity index (χ3n) is 3.51. The minimum absolute atomic E-state index is 0.00724. The molecule has 1 aliphatic rings. The fourth-order valence-electron chi connectivity index (χ4n) is 2.29. The van der Waals surface area contributed by atoms with E-state index in [1.807, 2.05) is 11.4 Å². The second-order valence-corrected chi connectivity index (χ2v) is 6.80. The summed E-state index contributed by atoms with van der Waals surface area (Å²) in [5.41, 5.74) is 1.27. The number of thiophene rings is 1. The molecule has 2 aromatic rings. The molecule has 0 bridgehead atoms. The Morgan fingerprint density at radius 1 is 1.13 bits per heavy atom. The lowest BCUT2D eigenvalue weighted by Crippen LogP contribution is -2.40. The average Bonchev–Trinajstić information content (AvgIpc) is 3.02. The molecule has 1 aliphatic heterocycles.